The molecule has 0 aromatic rings. The molecule has 0 N–H and O–H groups in total. The molecular formula is C43H82O6. The number of ether oxygens (including phenoxy) is 3. The van der Waals surface area contributed by atoms with Crippen molar-refractivity contribution in [1.29, 1.82) is 0 Å². The molecule has 0 aromatic carbocycles. The molecule has 6 heteroatoms. The van der Waals surface area contributed by atoms with Crippen LogP contribution in [-0.2, 0) is 28.6 Å². The Hall–Kier alpha value is -1.59. The molecule has 0 amide bonds. The van der Waals surface area contributed by atoms with Crippen LogP contribution >= 0.6 is 0 Å². The van der Waals surface area contributed by atoms with Gasteiger partial charge in [0.2, 0.25) is 0 Å². The van der Waals surface area contributed by atoms with Crippen molar-refractivity contribution in [2.24, 2.45) is 0 Å². The zero-order valence-electron chi connectivity index (χ0n) is 33.0. The first-order chi connectivity index (χ1) is 24.0. The Balaban J connectivity index is 4.33. The fourth-order valence-corrected chi connectivity index (χ4v) is 6.32. The highest BCUT2D eigenvalue weighted by atomic mass is 16.6. The van der Waals surface area contributed by atoms with E-state index in [9.17, 15) is 14.4 Å². The van der Waals surface area contributed by atoms with E-state index < -0.39 is 6.10 Å². The van der Waals surface area contributed by atoms with Crippen molar-refractivity contribution >= 4 is 17.9 Å². The zero-order chi connectivity index (χ0) is 35.9. The lowest BCUT2D eigenvalue weighted by atomic mass is 10.1. The Labute approximate surface area is 304 Å². The maximum Gasteiger partial charge on any atom is 0.306 e. The first kappa shape index (κ1) is 47.4. The molecular weight excluding hydrogens is 612 g/mol. The van der Waals surface area contributed by atoms with Crippen LogP contribution in [0.1, 0.15) is 239 Å². The standard InChI is InChI=1S/C43H82O6/c1-4-7-10-13-16-19-21-24-27-30-33-36-42(45)48-39-40(38-47-41(44)35-32-29-26-23-18-15-12-9-6-3)49-43(46)37-34-31-28-25-22-20-17-14-11-8-5-2/h40H,4-39H2,1-3H3/t40-/m1/s1. The third-order valence-corrected chi connectivity index (χ3v) is 9.61. The van der Waals surface area contributed by atoms with E-state index in [0.29, 0.717) is 19.3 Å². The van der Waals surface area contributed by atoms with E-state index in [1.165, 1.54) is 141 Å². The Morgan fingerprint density at radius 1 is 0.327 bits per heavy atom. The third kappa shape index (κ3) is 37.5. The van der Waals surface area contributed by atoms with E-state index in [4.69, 9.17) is 14.2 Å². The van der Waals surface area contributed by atoms with Crippen LogP contribution in [0.2, 0.25) is 0 Å². The summed E-state index contributed by atoms with van der Waals surface area (Å²) in [6, 6.07) is 0. The fraction of sp³-hybridized carbons (Fsp3) is 0.930. The van der Waals surface area contributed by atoms with Crippen LogP contribution in [0.25, 0.3) is 0 Å². The summed E-state index contributed by atoms with van der Waals surface area (Å²) in [6.07, 6.45) is 37.9. The number of unbranched alkanes of at least 4 members (excludes halogenated alkanes) is 28. The van der Waals surface area contributed by atoms with Crippen LogP contribution in [0.3, 0.4) is 0 Å². The molecule has 0 saturated carbocycles. The van der Waals surface area contributed by atoms with Gasteiger partial charge >= 0.3 is 17.9 Å². The lowest BCUT2D eigenvalue weighted by Gasteiger charge is -2.18. The average molecular weight is 695 g/mol. The van der Waals surface area contributed by atoms with Gasteiger partial charge in [-0.3, -0.25) is 14.4 Å². The maximum atomic E-state index is 12.6. The van der Waals surface area contributed by atoms with E-state index in [-0.39, 0.29) is 31.1 Å². The summed E-state index contributed by atoms with van der Waals surface area (Å²) in [7, 11) is 0. The topological polar surface area (TPSA) is 78.9 Å². The van der Waals surface area contributed by atoms with Crippen LogP contribution in [0.15, 0.2) is 0 Å². The highest BCUT2D eigenvalue weighted by molar-refractivity contribution is 5.71. The first-order valence-electron chi connectivity index (χ1n) is 21.5. The molecule has 49 heavy (non-hydrogen) atoms. The molecule has 0 aliphatic heterocycles. The van der Waals surface area contributed by atoms with Crippen LogP contribution in [0.5, 0.6) is 0 Å². The maximum absolute atomic E-state index is 12.6. The zero-order valence-corrected chi connectivity index (χ0v) is 33.0. The number of hydrogen-bond donors (Lipinski definition) is 0. The minimum absolute atomic E-state index is 0.0633. The molecule has 290 valence electrons. The molecule has 0 spiro atoms. The van der Waals surface area contributed by atoms with Crippen LogP contribution in [0.4, 0.5) is 0 Å². The van der Waals surface area contributed by atoms with E-state index >= 15 is 0 Å². The minimum Gasteiger partial charge on any atom is -0.462 e. The summed E-state index contributed by atoms with van der Waals surface area (Å²) in [5.74, 6) is -0.859. The molecule has 0 aliphatic carbocycles. The summed E-state index contributed by atoms with van der Waals surface area (Å²) >= 11 is 0. The van der Waals surface area contributed by atoms with E-state index in [0.717, 1.165) is 57.8 Å². The van der Waals surface area contributed by atoms with Gasteiger partial charge in [0.15, 0.2) is 6.10 Å². The van der Waals surface area contributed by atoms with E-state index in [1.807, 2.05) is 0 Å². The Morgan fingerprint density at radius 2 is 0.551 bits per heavy atom. The molecule has 0 radical (unpaired) electrons. The quantitative estimate of drug-likeness (QED) is 0.0362. The second-order valence-corrected chi connectivity index (χ2v) is 14.6. The summed E-state index contributed by atoms with van der Waals surface area (Å²) in [4.78, 5) is 37.5. The van der Waals surface area contributed by atoms with E-state index in [1.54, 1.807) is 0 Å². The van der Waals surface area contributed by atoms with E-state index in [2.05, 4.69) is 20.8 Å². The van der Waals surface area contributed by atoms with Crippen molar-refractivity contribution in [3.63, 3.8) is 0 Å². The lowest BCUT2D eigenvalue weighted by molar-refractivity contribution is -0.167. The van der Waals surface area contributed by atoms with Gasteiger partial charge in [-0.25, -0.2) is 0 Å². The molecule has 0 rings (SSSR count). The second kappa shape index (κ2) is 39.2. The van der Waals surface area contributed by atoms with Crippen molar-refractivity contribution in [2.75, 3.05) is 13.2 Å². The summed E-state index contributed by atoms with van der Waals surface area (Å²) in [5, 5.41) is 0. The van der Waals surface area contributed by atoms with Crippen LogP contribution < -0.4 is 0 Å². The summed E-state index contributed by atoms with van der Waals surface area (Å²) in [6.45, 7) is 6.61. The van der Waals surface area contributed by atoms with Crippen LogP contribution in [0, 0.1) is 0 Å². The lowest BCUT2D eigenvalue weighted by Crippen LogP contribution is -2.30. The molecule has 0 unspecified atom stereocenters. The van der Waals surface area contributed by atoms with Crippen molar-refractivity contribution in [2.45, 2.75) is 245 Å². The van der Waals surface area contributed by atoms with Gasteiger partial charge in [0.25, 0.3) is 0 Å². The summed E-state index contributed by atoms with van der Waals surface area (Å²) in [5.41, 5.74) is 0. The predicted octanol–water partition coefficient (Wildman–Crippen LogP) is 13.3. The van der Waals surface area contributed by atoms with Crippen molar-refractivity contribution < 1.29 is 28.6 Å². The molecule has 6 nitrogen and oxygen atoms in total. The summed E-state index contributed by atoms with van der Waals surface area (Å²) < 4.78 is 16.6. The number of carbonyl (C=O) groups is 3. The van der Waals surface area contributed by atoms with Crippen molar-refractivity contribution in [3.8, 4) is 0 Å². The Kier molecular flexibility index (Phi) is 37.9. The van der Waals surface area contributed by atoms with Gasteiger partial charge in [-0.1, -0.05) is 201 Å². The molecule has 0 fully saturated rings. The SMILES string of the molecule is CCCCCCCCCCCCCC(=O)OC[C@@H](COC(=O)CCCCCCCCCCC)OC(=O)CCCCCCCCCCCCC. The molecule has 0 aromatic heterocycles. The smallest absolute Gasteiger partial charge is 0.306 e. The van der Waals surface area contributed by atoms with Gasteiger partial charge in [0, 0.05) is 19.3 Å². The Bertz CT molecular complexity index is 723. The highest BCUT2D eigenvalue weighted by Gasteiger charge is 2.19. The van der Waals surface area contributed by atoms with Gasteiger partial charge in [-0.15, -0.1) is 0 Å². The number of hydrogen-bond acceptors (Lipinski definition) is 6. The second-order valence-electron chi connectivity index (χ2n) is 14.6. The Morgan fingerprint density at radius 3 is 0.816 bits per heavy atom. The molecule has 0 heterocycles. The van der Waals surface area contributed by atoms with Crippen LogP contribution in [-0.4, -0.2) is 37.2 Å². The normalized spacial score (nSPS) is 11.8. The fourth-order valence-electron chi connectivity index (χ4n) is 6.32. The molecule has 0 saturated heterocycles. The minimum atomic E-state index is -0.756. The molecule has 0 aliphatic rings. The molecule has 0 bridgehead atoms. The van der Waals surface area contributed by atoms with Gasteiger partial charge in [-0.05, 0) is 19.3 Å². The first-order valence-corrected chi connectivity index (χ1v) is 21.5. The third-order valence-electron chi connectivity index (χ3n) is 9.61. The van der Waals surface area contributed by atoms with Gasteiger partial charge in [-0.2, -0.15) is 0 Å². The number of esters is 3. The number of carbonyl (C=O) groups excluding carboxylic acids is 3. The largest absolute Gasteiger partial charge is 0.462 e. The number of rotatable bonds is 39. The highest BCUT2D eigenvalue weighted by Crippen LogP contribution is 2.15. The van der Waals surface area contributed by atoms with Gasteiger partial charge in [0.1, 0.15) is 13.2 Å². The molecule has 1 atom stereocenters. The van der Waals surface area contributed by atoms with Crippen molar-refractivity contribution in [1.82, 2.24) is 0 Å². The van der Waals surface area contributed by atoms with Crippen molar-refractivity contribution in [3.05, 3.63) is 0 Å². The van der Waals surface area contributed by atoms with Gasteiger partial charge < -0.3 is 14.2 Å². The average Bonchev–Trinajstić information content (AvgIpc) is 3.10. The monoisotopic (exact) mass is 695 g/mol. The van der Waals surface area contributed by atoms with Gasteiger partial charge in [0.05, 0.1) is 0 Å². The predicted molar refractivity (Wildman–Crippen MR) is 206 cm³/mol.